The maximum Gasteiger partial charge on any atom is 0.152 e. The van der Waals surface area contributed by atoms with Crippen molar-refractivity contribution in [2.75, 3.05) is 37.7 Å². The van der Waals surface area contributed by atoms with Crippen LogP contribution in [0.2, 0.25) is 0 Å². The molecule has 2 aliphatic heterocycles. The first kappa shape index (κ1) is 16.1. The molecule has 0 bridgehead atoms. The van der Waals surface area contributed by atoms with Crippen molar-refractivity contribution in [1.29, 1.82) is 0 Å². The Hall–Kier alpha value is -1.37. The summed E-state index contributed by atoms with van der Waals surface area (Å²) in [5.74, 6) is 0.655. The van der Waals surface area contributed by atoms with E-state index >= 15 is 0 Å². The number of fused-ring (bicyclic) bond motifs is 1. The number of sulfone groups is 1. The van der Waals surface area contributed by atoms with Gasteiger partial charge in [-0.3, -0.25) is 9.80 Å². The normalized spacial score (nSPS) is 23.7. The van der Waals surface area contributed by atoms with Gasteiger partial charge in [0.2, 0.25) is 0 Å². The molecule has 0 aliphatic carbocycles. The SMILES string of the molecule is O=S1(=O)CCN(C2CCN(Cc3coc4ccccc34)CC2)CC1. The Kier molecular flexibility index (Phi) is 4.37. The maximum atomic E-state index is 11.6. The van der Waals surface area contributed by atoms with Crippen LogP contribution in [0.15, 0.2) is 34.9 Å². The molecule has 24 heavy (non-hydrogen) atoms. The number of nitrogens with zero attached hydrogens (tertiary/aromatic N) is 2. The van der Waals surface area contributed by atoms with Crippen LogP contribution in [0.25, 0.3) is 11.0 Å². The van der Waals surface area contributed by atoms with Crippen LogP contribution >= 0.6 is 0 Å². The summed E-state index contributed by atoms with van der Waals surface area (Å²) in [5, 5.41) is 1.21. The van der Waals surface area contributed by atoms with Crippen molar-refractivity contribution >= 4 is 20.8 Å². The zero-order chi connectivity index (χ0) is 16.6. The van der Waals surface area contributed by atoms with Crippen LogP contribution in [0.3, 0.4) is 0 Å². The first-order valence-corrected chi connectivity index (χ1v) is 10.5. The lowest BCUT2D eigenvalue weighted by molar-refractivity contribution is 0.111. The summed E-state index contributed by atoms with van der Waals surface area (Å²) in [5.41, 5.74) is 2.21. The highest BCUT2D eigenvalue weighted by atomic mass is 32.2. The molecule has 2 aromatic rings. The van der Waals surface area contributed by atoms with E-state index in [4.69, 9.17) is 4.42 Å². The van der Waals surface area contributed by atoms with Gasteiger partial charge in [0.1, 0.15) is 5.58 Å². The summed E-state index contributed by atoms with van der Waals surface area (Å²) >= 11 is 0. The fraction of sp³-hybridized carbons (Fsp3) is 0.556. The first-order valence-electron chi connectivity index (χ1n) is 8.73. The summed E-state index contributed by atoms with van der Waals surface area (Å²) in [6.07, 6.45) is 4.12. The molecule has 3 heterocycles. The molecule has 2 saturated heterocycles. The van der Waals surface area contributed by atoms with Gasteiger partial charge >= 0.3 is 0 Å². The lowest BCUT2D eigenvalue weighted by Crippen LogP contribution is -2.50. The van der Waals surface area contributed by atoms with Crippen LogP contribution in [-0.4, -0.2) is 61.9 Å². The first-order chi connectivity index (χ1) is 11.6. The largest absolute Gasteiger partial charge is 0.464 e. The van der Waals surface area contributed by atoms with E-state index in [1.807, 2.05) is 18.4 Å². The van der Waals surface area contributed by atoms with Gasteiger partial charge in [-0.15, -0.1) is 0 Å². The lowest BCUT2D eigenvalue weighted by atomic mass is 10.0. The molecule has 0 unspecified atom stereocenters. The van der Waals surface area contributed by atoms with Crippen molar-refractivity contribution in [2.45, 2.75) is 25.4 Å². The van der Waals surface area contributed by atoms with Crippen LogP contribution in [0.5, 0.6) is 0 Å². The van der Waals surface area contributed by atoms with Crippen LogP contribution in [0.4, 0.5) is 0 Å². The fourth-order valence-corrected chi connectivity index (χ4v) is 5.16. The minimum Gasteiger partial charge on any atom is -0.464 e. The highest BCUT2D eigenvalue weighted by Gasteiger charge is 2.29. The number of hydrogen-bond acceptors (Lipinski definition) is 5. The number of para-hydroxylation sites is 1. The van der Waals surface area contributed by atoms with Gasteiger partial charge in [-0.2, -0.15) is 0 Å². The van der Waals surface area contributed by atoms with Gasteiger partial charge in [-0.05, 0) is 32.0 Å². The number of piperidine rings is 1. The van der Waals surface area contributed by atoms with E-state index in [9.17, 15) is 8.42 Å². The van der Waals surface area contributed by atoms with E-state index in [1.54, 1.807) is 0 Å². The Bertz CT molecular complexity index is 793. The van der Waals surface area contributed by atoms with Crippen LogP contribution in [0, 0.1) is 0 Å². The average Bonchev–Trinajstić information content (AvgIpc) is 2.99. The van der Waals surface area contributed by atoms with Crippen molar-refractivity contribution in [3.05, 3.63) is 36.1 Å². The van der Waals surface area contributed by atoms with Gasteiger partial charge in [0.15, 0.2) is 9.84 Å². The lowest BCUT2D eigenvalue weighted by Gasteiger charge is -2.40. The number of benzene rings is 1. The van der Waals surface area contributed by atoms with E-state index in [-0.39, 0.29) is 0 Å². The third-order valence-electron chi connectivity index (χ3n) is 5.41. The maximum absolute atomic E-state index is 11.6. The van der Waals surface area contributed by atoms with Gasteiger partial charge in [-0.25, -0.2) is 8.42 Å². The van der Waals surface area contributed by atoms with Crippen molar-refractivity contribution in [1.82, 2.24) is 9.80 Å². The molecule has 0 radical (unpaired) electrons. The second-order valence-corrected chi connectivity index (χ2v) is 9.26. The van der Waals surface area contributed by atoms with Crippen molar-refractivity contribution in [2.24, 2.45) is 0 Å². The molecule has 0 spiro atoms. The third kappa shape index (κ3) is 3.36. The van der Waals surface area contributed by atoms with E-state index < -0.39 is 9.84 Å². The van der Waals surface area contributed by atoms with E-state index in [1.165, 1.54) is 10.9 Å². The van der Waals surface area contributed by atoms with Crippen LogP contribution < -0.4 is 0 Å². The number of rotatable bonds is 3. The summed E-state index contributed by atoms with van der Waals surface area (Å²) in [6, 6.07) is 8.72. The van der Waals surface area contributed by atoms with Gasteiger partial charge in [0.05, 0.1) is 17.8 Å². The Balaban J connectivity index is 1.33. The van der Waals surface area contributed by atoms with Gasteiger partial charge in [0, 0.05) is 36.6 Å². The van der Waals surface area contributed by atoms with Crippen molar-refractivity contribution in [3.8, 4) is 0 Å². The van der Waals surface area contributed by atoms with E-state index in [0.717, 1.165) is 38.1 Å². The Morgan fingerprint density at radius 3 is 2.50 bits per heavy atom. The van der Waals surface area contributed by atoms with Crippen molar-refractivity contribution in [3.63, 3.8) is 0 Å². The van der Waals surface area contributed by atoms with E-state index in [2.05, 4.69) is 21.9 Å². The molecule has 0 amide bonds. The number of likely N-dealkylation sites (tertiary alicyclic amines) is 1. The molecule has 0 saturated carbocycles. The molecular weight excluding hydrogens is 324 g/mol. The number of hydrogen-bond donors (Lipinski definition) is 0. The van der Waals surface area contributed by atoms with E-state index in [0.29, 0.717) is 30.6 Å². The highest BCUT2D eigenvalue weighted by Crippen LogP contribution is 2.25. The molecule has 5 nitrogen and oxygen atoms in total. The van der Waals surface area contributed by atoms with Crippen LogP contribution in [-0.2, 0) is 16.4 Å². The minimum atomic E-state index is -2.78. The van der Waals surface area contributed by atoms with Crippen LogP contribution in [0.1, 0.15) is 18.4 Å². The Morgan fingerprint density at radius 2 is 1.75 bits per heavy atom. The monoisotopic (exact) mass is 348 g/mol. The second-order valence-electron chi connectivity index (χ2n) is 6.95. The molecule has 0 N–H and O–H groups in total. The van der Waals surface area contributed by atoms with Gasteiger partial charge in [0.25, 0.3) is 0 Å². The molecule has 0 atom stereocenters. The fourth-order valence-electron chi connectivity index (χ4n) is 3.93. The third-order valence-corrected chi connectivity index (χ3v) is 7.02. The smallest absolute Gasteiger partial charge is 0.152 e. The van der Waals surface area contributed by atoms with Gasteiger partial charge < -0.3 is 4.42 Å². The molecule has 2 fully saturated rings. The molecule has 130 valence electrons. The summed E-state index contributed by atoms with van der Waals surface area (Å²) in [7, 11) is -2.78. The molecule has 2 aliphatic rings. The molecular formula is C18H24N2O3S. The predicted octanol–water partition coefficient (Wildman–Crippen LogP) is 2.13. The second kappa shape index (κ2) is 6.50. The predicted molar refractivity (Wildman–Crippen MR) is 94.7 cm³/mol. The molecule has 4 rings (SSSR count). The average molecular weight is 348 g/mol. The van der Waals surface area contributed by atoms with Gasteiger partial charge in [-0.1, -0.05) is 18.2 Å². The minimum absolute atomic E-state index is 0.328. The summed E-state index contributed by atoms with van der Waals surface area (Å²) in [4.78, 5) is 4.86. The van der Waals surface area contributed by atoms with Crippen molar-refractivity contribution < 1.29 is 12.8 Å². The highest BCUT2D eigenvalue weighted by molar-refractivity contribution is 7.91. The Labute approximate surface area is 143 Å². The Morgan fingerprint density at radius 1 is 1.04 bits per heavy atom. The molecule has 1 aromatic heterocycles. The zero-order valence-corrected chi connectivity index (χ0v) is 14.7. The quantitative estimate of drug-likeness (QED) is 0.850. The zero-order valence-electron chi connectivity index (χ0n) is 13.9. The summed E-state index contributed by atoms with van der Waals surface area (Å²) in [6.45, 7) is 4.47. The summed E-state index contributed by atoms with van der Waals surface area (Å²) < 4.78 is 28.8. The topological polar surface area (TPSA) is 53.8 Å². The molecule has 6 heteroatoms. The number of furan rings is 1. The molecule has 1 aromatic carbocycles. The standard InChI is InChI=1S/C18H24N2O3S/c21-24(22)11-9-20(10-12-24)16-5-7-19(8-6-16)13-15-14-23-18-4-2-1-3-17(15)18/h1-4,14,16H,5-13H2.